The summed E-state index contributed by atoms with van der Waals surface area (Å²) in [6.07, 6.45) is 3.02. The molecule has 5 nitrogen and oxygen atoms in total. The third-order valence-corrected chi connectivity index (χ3v) is 5.23. The van der Waals surface area contributed by atoms with Crippen LogP contribution < -0.4 is 11.1 Å². The Bertz CT molecular complexity index is 699. The number of carbonyl (C=O) groups is 1. The minimum Gasteiger partial charge on any atom is -0.401 e. The molecule has 1 aromatic rings. The van der Waals surface area contributed by atoms with Crippen molar-refractivity contribution < 1.29 is 9.53 Å². The van der Waals surface area contributed by atoms with Crippen molar-refractivity contribution in [3.63, 3.8) is 0 Å². The first kappa shape index (κ1) is 18.1. The molecule has 0 saturated carbocycles. The number of benzene rings is 1. The highest BCUT2D eigenvalue weighted by Crippen LogP contribution is 2.36. The van der Waals surface area contributed by atoms with E-state index in [-0.39, 0.29) is 29.1 Å². The normalized spacial score (nSPS) is 25.8. The molecule has 134 valence electrons. The van der Waals surface area contributed by atoms with E-state index in [9.17, 15) is 4.79 Å². The van der Waals surface area contributed by atoms with Gasteiger partial charge in [-0.1, -0.05) is 49.2 Å². The van der Waals surface area contributed by atoms with Gasteiger partial charge in [0, 0.05) is 24.7 Å². The maximum absolute atomic E-state index is 12.3. The fourth-order valence-electron chi connectivity index (χ4n) is 3.44. The summed E-state index contributed by atoms with van der Waals surface area (Å²) < 4.78 is 5.99. The van der Waals surface area contributed by atoms with Gasteiger partial charge in [-0.15, -0.1) is 0 Å². The third-order valence-electron chi connectivity index (χ3n) is 4.80. The van der Waals surface area contributed by atoms with Crippen molar-refractivity contribution in [1.29, 1.82) is 5.41 Å². The highest BCUT2D eigenvalue weighted by atomic mass is 35.5. The van der Waals surface area contributed by atoms with E-state index in [4.69, 9.17) is 27.5 Å². The van der Waals surface area contributed by atoms with Crippen LogP contribution in [0.2, 0.25) is 0 Å². The molecule has 0 aromatic heterocycles. The van der Waals surface area contributed by atoms with Gasteiger partial charge in [0.1, 0.15) is 5.71 Å². The largest absolute Gasteiger partial charge is 0.401 e. The number of nitrogens with two attached hydrogens (primary N) is 1. The Labute approximate surface area is 153 Å². The number of hydrogen-bond acceptors (Lipinski definition) is 5. The van der Waals surface area contributed by atoms with Crippen LogP contribution in [0.4, 0.5) is 0 Å². The molecule has 0 amide bonds. The zero-order valence-electron chi connectivity index (χ0n) is 14.3. The number of rotatable bonds is 7. The molecule has 0 spiro atoms. The lowest BCUT2D eigenvalue weighted by atomic mass is 9.99. The number of fused-ring (bicyclic) bond motifs is 2. The van der Waals surface area contributed by atoms with Gasteiger partial charge in [0.25, 0.3) is 0 Å². The topological polar surface area (TPSA) is 88.2 Å². The van der Waals surface area contributed by atoms with Gasteiger partial charge in [-0.2, -0.15) is 0 Å². The third kappa shape index (κ3) is 3.94. The molecule has 2 saturated heterocycles. The van der Waals surface area contributed by atoms with Crippen LogP contribution in [-0.2, 0) is 16.0 Å². The average molecular weight is 362 g/mol. The second kappa shape index (κ2) is 7.68. The van der Waals surface area contributed by atoms with E-state index in [1.54, 1.807) is 0 Å². The lowest BCUT2D eigenvalue weighted by Crippen LogP contribution is -2.33. The fraction of sp³-hybridized carbons (Fsp3) is 0.474. The van der Waals surface area contributed by atoms with E-state index < -0.39 is 0 Å². The summed E-state index contributed by atoms with van der Waals surface area (Å²) in [5.74, 6) is -0.324. The van der Waals surface area contributed by atoms with Crippen molar-refractivity contribution >= 4 is 23.1 Å². The standard InChI is InChI=1S/C19H24ClN3O2/c1-2-3-14(21)17(20)18(22)16(24)8-11-4-6-12(7-5-11)19-15-9-13(25-19)10-23-15/h4-7,13,15,19,22-23H,2-3,8-10,21H2,1H3/t13-,15-,19+/m1/s1. The Morgan fingerprint density at radius 3 is 2.68 bits per heavy atom. The Morgan fingerprint density at radius 2 is 2.12 bits per heavy atom. The zero-order chi connectivity index (χ0) is 18.0. The van der Waals surface area contributed by atoms with Gasteiger partial charge in [0.2, 0.25) is 0 Å². The van der Waals surface area contributed by atoms with Crippen LogP contribution in [0.3, 0.4) is 0 Å². The van der Waals surface area contributed by atoms with Crippen LogP contribution in [0.25, 0.3) is 0 Å². The number of Topliss-reactive ketones (excluding diaryl/α,β-unsaturated/α-hetero) is 1. The molecule has 2 aliphatic heterocycles. The monoisotopic (exact) mass is 361 g/mol. The maximum Gasteiger partial charge on any atom is 0.186 e. The van der Waals surface area contributed by atoms with Crippen LogP contribution in [0.15, 0.2) is 35.0 Å². The molecule has 2 heterocycles. The van der Waals surface area contributed by atoms with Crippen molar-refractivity contribution in [2.75, 3.05) is 6.54 Å². The van der Waals surface area contributed by atoms with Crippen LogP contribution in [-0.4, -0.2) is 30.2 Å². The van der Waals surface area contributed by atoms with Crippen LogP contribution in [0, 0.1) is 5.41 Å². The second-order valence-corrected chi connectivity index (χ2v) is 7.11. The van der Waals surface area contributed by atoms with Crippen molar-refractivity contribution in [2.45, 2.75) is 50.9 Å². The Balaban J connectivity index is 1.62. The first-order chi connectivity index (χ1) is 12.0. The molecule has 2 aliphatic rings. The molecule has 6 heteroatoms. The molecule has 0 unspecified atom stereocenters. The predicted molar refractivity (Wildman–Crippen MR) is 98.9 cm³/mol. The van der Waals surface area contributed by atoms with Crippen LogP contribution in [0.1, 0.15) is 43.4 Å². The van der Waals surface area contributed by atoms with Gasteiger partial charge in [-0.05, 0) is 24.0 Å². The van der Waals surface area contributed by atoms with Gasteiger partial charge in [0.15, 0.2) is 5.78 Å². The first-order valence-electron chi connectivity index (χ1n) is 8.73. The average Bonchev–Trinajstić information content (AvgIpc) is 3.24. The van der Waals surface area contributed by atoms with Crippen molar-refractivity contribution in [3.8, 4) is 0 Å². The molecular formula is C19H24ClN3O2. The van der Waals surface area contributed by atoms with E-state index in [0.717, 1.165) is 30.5 Å². The smallest absolute Gasteiger partial charge is 0.186 e. The van der Waals surface area contributed by atoms with Gasteiger partial charge < -0.3 is 15.8 Å². The number of allylic oxidation sites excluding steroid dienone is 2. The summed E-state index contributed by atoms with van der Waals surface area (Å²) in [5.41, 5.74) is 7.98. The van der Waals surface area contributed by atoms with Gasteiger partial charge in [0.05, 0.1) is 17.2 Å². The summed E-state index contributed by atoms with van der Waals surface area (Å²) in [6, 6.07) is 8.23. The molecule has 3 rings (SSSR count). The van der Waals surface area contributed by atoms with Crippen LogP contribution >= 0.6 is 11.6 Å². The number of ether oxygens (including phenoxy) is 1. The minimum absolute atomic E-state index is 0.0740. The summed E-state index contributed by atoms with van der Waals surface area (Å²) >= 11 is 6.05. The van der Waals surface area contributed by atoms with Crippen molar-refractivity contribution in [2.24, 2.45) is 5.73 Å². The van der Waals surface area contributed by atoms with E-state index in [1.807, 2.05) is 31.2 Å². The fourth-order valence-corrected chi connectivity index (χ4v) is 3.64. The first-order valence-corrected chi connectivity index (χ1v) is 9.11. The lowest BCUT2D eigenvalue weighted by Gasteiger charge is -2.23. The summed E-state index contributed by atoms with van der Waals surface area (Å²) in [5, 5.41) is 11.5. The molecule has 2 bridgehead atoms. The number of ketones is 1. The second-order valence-electron chi connectivity index (χ2n) is 6.73. The number of halogens is 1. The van der Waals surface area contributed by atoms with Crippen LogP contribution in [0.5, 0.6) is 0 Å². The number of morpholine rings is 1. The Morgan fingerprint density at radius 1 is 1.40 bits per heavy atom. The summed E-state index contributed by atoms with van der Waals surface area (Å²) in [6.45, 7) is 2.91. The Hall–Kier alpha value is -1.69. The molecule has 4 N–H and O–H groups in total. The van der Waals surface area contributed by atoms with Gasteiger partial charge in [-0.3, -0.25) is 10.2 Å². The van der Waals surface area contributed by atoms with E-state index in [0.29, 0.717) is 24.3 Å². The maximum atomic E-state index is 12.3. The highest BCUT2D eigenvalue weighted by molar-refractivity contribution is 6.59. The van der Waals surface area contributed by atoms with Crippen molar-refractivity contribution in [3.05, 3.63) is 46.1 Å². The molecule has 0 radical (unpaired) electrons. The number of hydrogen-bond donors (Lipinski definition) is 3. The SMILES string of the molecule is CCCC(N)=C(Cl)C(=N)C(=O)Cc1ccc([C@@H]2O[C@H]3CN[C@@H]2C3)cc1. The zero-order valence-corrected chi connectivity index (χ0v) is 15.1. The molecular weight excluding hydrogens is 338 g/mol. The molecule has 0 aliphatic carbocycles. The Kier molecular flexibility index (Phi) is 5.57. The number of nitrogens with one attached hydrogen (secondary N) is 2. The van der Waals surface area contributed by atoms with E-state index in [2.05, 4.69) is 5.32 Å². The summed E-state index contributed by atoms with van der Waals surface area (Å²) in [4.78, 5) is 12.3. The number of carbonyl (C=O) groups excluding carboxylic acids is 1. The predicted octanol–water partition coefficient (Wildman–Crippen LogP) is 2.83. The van der Waals surface area contributed by atoms with E-state index >= 15 is 0 Å². The summed E-state index contributed by atoms with van der Waals surface area (Å²) in [7, 11) is 0. The lowest BCUT2D eigenvalue weighted by molar-refractivity contribution is -0.112. The van der Waals surface area contributed by atoms with Gasteiger partial charge >= 0.3 is 0 Å². The van der Waals surface area contributed by atoms with E-state index in [1.165, 1.54) is 0 Å². The molecule has 1 aromatic carbocycles. The quantitative estimate of drug-likeness (QED) is 0.651. The molecule has 25 heavy (non-hydrogen) atoms. The minimum atomic E-state index is -0.324. The van der Waals surface area contributed by atoms with Crippen molar-refractivity contribution in [1.82, 2.24) is 5.32 Å². The molecule has 2 fully saturated rings. The van der Waals surface area contributed by atoms with Gasteiger partial charge in [-0.25, -0.2) is 0 Å². The highest BCUT2D eigenvalue weighted by Gasteiger charge is 2.41. The molecule has 3 atom stereocenters.